The van der Waals surface area contributed by atoms with Crippen molar-refractivity contribution in [1.82, 2.24) is 0 Å². The van der Waals surface area contributed by atoms with Crippen molar-refractivity contribution in [3.63, 3.8) is 0 Å². The van der Waals surface area contributed by atoms with Crippen molar-refractivity contribution in [2.45, 2.75) is 25.7 Å². The van der Waals surface area contributed by atoms with Gasteiger partial charge in [-0.1, -0.05) is 12.8 Å². The fourth-order valence-electron chi connectivity index (χ4n) is 0.827. The molecule has 0 rings (SSSR count). The monoisotopic (exact) mass is 276 g/mol. The first-order valence-corrected chi connectivity index (χ1v) is 6.10. The van der Waals surface area contributed by atoms with Gasteiger partial charge in [-0.2, -0.15) is 8.39 Å². The number of halogens is 2. The van der Waals surface area contributed by atoms with E-state index in [0.29, 0.717) is 13.1 Å². The summed E-state index contributed by atoms with van der Waals surface area (Å²) in [5, 5.41) is 0. The van der Waals surface area contributed by atoms with Crippen LogP contribution in [0.1, 0.15) is 25.7 Å². The Balaban J connectivity index is -0.000000321. The zero-order valence-corrected chi connectivity index (χ0v) is 10.9. The average molecular weight is 276 g/mol. The molecule has 0 fully saturated rings. The average Bonchev–Trinajstić information content (AvgIpc) is 2.20. The van der Waals surface area contributed by atoms with Crippen LogP contribution in [0.2, 0.25) is 0 Å². The molecule has 0 aromatic heterocycles. The molecular formula is C8H12F2LiN2O4P. The fourth-order valence-corrected chi connectivity index (χ4v) is 0.827. The zero-order valence-electron chi connectivity index (χ0n) is 9.97. The molecule has 98 valence electrons. The summed E-state index contributed by atoms with van der Waals surface area (Å²) in [5.41, 5.74) is 0. The largest absolute Gasteiger partial charge is 1.00 e. The summed E-state index contributed by atoms with van der Waals surface area (Å²) in [6.45, 7) is 1.11. The van der Waals surface area contributed by atoms with E-state index in [0.717, 1.165) is 25.7 Å². The van der Waals surface area contributed by atoms with Gasteiger partial charge in [0.1, 0.15) is 0 Å². The molecule has 0 aromatic rings. The van der Waals surface area contributed by atoms with Gasteiger partial charge in [-0.25, -0.2) is 19.6 Å². The van der Waals surface area contributed by atoms with Crippen molar-refractivity contribution in [2.75, 3.05) is 13.1 Å². The fraction of sp³-hybridized carbons (Fsp3) is 0.750. The Morgan fingerprint density at radius 1 is 0.944 bits per heavy atom. The molecule has 0 radical (unpaired) electrons. The summed E-state index contributed by atoms with van der Waals surface area (Å²) in [7, 11) is -5.89. The molecular weight excluding hydrogens is 264 g/mol. The first kappa shape index (κ1) is 22.6. The van der Waals surface area contributed by atoms with Crippen LogP contribution in [0.25, 0.3) is 0 Å². The van der Waals surface area contributed by atoms with Crippen LogP contribution in [-0.4, -0.2) is 25.2 Å². The minimum Gasteiger partial charge on any atom is -0.749 e. The molecule has 0 aliphatic heterocycles. The first-order valence-electron chi connectivity index (χ1n) is 4.69. The van der Waals surface area contributed by atoms with Crippen LogP contribution >= 0.6 is 7.99 Å². The number of hydrogen-bond acceptors (Lipinski definition) is 6. The second-order valence-electron chi connectivity index (χ2n) is 2.77. The third-order valence-corrected chi connectivity index (χ3v) is 1.42. The molecule has 0 bridgehead atoms. The Morgan fingerprint density at radius 2 is 1.22 bits per heavy atom. The quantitative estimate of drug-likeness (QED) is 0.188. The van der Waals surface area contributed by atoms with E-state index in [1.54, 1.807) is 0 Å². The van der Waals surface area contributed by atoms with Crippen LogP contribution in [-0.2, 0) is 14.2 Å². The second kappa shape index (κ2) is 16.4. The van der Waals surface area contributed by atoms with Gasteiger partial charge < -0.3 is 4.89 Å². The molecule has 18 heavy (non-hydrogen) atoms. The molecule has 0 aliphatic carbocycles. The second-order valence-corrected chi connectivity index (χ2v) is 3.60. The summed E-state index contributed by atoms with van der Waals surface area (Å²) in [6.07, 6.45) is 6.80. The van der Waals surface area contributed by atoms with E-state index in [9.17, 15) is 18.0 Å². The molecule has 0 atom stereocenters. The number of rotatable bonds is 7. The molecule has 0 saturated heterocycles. The van der Waals surface area contributed by atoms with Gasteiger partial charge >= 0.3 is 26.9 Å². The van der Waals surface area contributed by atoms with Crippen molar-refractivity contribution in [3.05, 3.63) is 0 Å². The van der Waals surface area contributed by atoms with Crippen LogP contribution in [0.4, 0.5) is 8.39 Å². The minimum absolute atomic E-state index is 0. The van der Waals surface area contributed by atoms with Crippen molar-refractivity contribution in [3.8, 4) is 0 Å². The van der Waals surface area contributed by atoms with Gasteiger partial charge in [0, 0.05) is 0 Å². The van der Waals surface area contributed by atoms with Gasteiger partial charge in [0.15, 0.2) is 0 Å². The van der Waals surface area contributed by atoms with Gasteiger partial charge in [-0.05, 0) is 12.8 Å². The summed E-state index contributed by atoms with van der Waals surface area (Å²) < 4.78 is 28.4. The van der Waals surface area contributed by atoms with Gasteiger partial charge in [-0.15, -0.1) is 0 Å². The van der Waals surface area contributed by atoms with E-state index in [1.807, 2.05) is 0 Å². The van der Waals surface area contributed by atoms with Gasteiger partial charge in [0.25, 0.3) is 0 Å². The standard InChI is InChI=1S/C8H12N2O2.F2HO2P.Li/c11-7-9-5-3-1-2-4-6-10-8-12;1-5(2,3)4;/h1-6H2;(H,3,4);/q;;+1/p-1. The normalized spacial score (nSPS) is 8.83. The third-order valence-electron chi connectivity index (χ3n) is 1.42. The summed E-state index contributed by atoms with van der Waals surface area (Å²) in [4.78, 5) is 34.4. The Morgan fingerprint density at radius 3 is 1.44 bits per heavy atom. The maximum absolute atomic E-state index is 10.0. The topological polar surface area (TPSA) is 99.0 Å². The Hall–Kier alpha value is -0.593. The maximum Gasteiger partial charge on any atom is 1.00 e. The summed E-state index contributed by atoms with van der Waals surface area (Å²) in [5.74, 6) is 0. The molecule has 10 heteroatoms. The molecule has 0 N–H and O–H groups in total. The van der Waals surface area contributed by atoms with E-state index < -0.39 is 7.99 Å². The number of isocyanates is 2. The van der Waals surface area contributed by atoms with E-state index in [4.69, 9.17) is 9.46 Å². The van der Waals surface area contributed by atoms with E-state index >= 15 is 0 Å². The van der Waals surface area contributed by atoms with Crippen LogP contribution in [0.3, 0.4) is 0 Å². The van der Waals surface area contributed by atoms with Crippen LogP contribution in [0.15, 0.2) is 9.98 Å². The van der Waals surface area contributed by atoms with E-state index in [-0.39, 0.29) is 18.9 Å². The smallest absolute Gasteiger partial charge is 0.749 e. The van der Waals surface area contributed by atoms with Gasteiger partial charge in [-0.3, -0.25) is 4.57 Å². The zero-order chi connectivity index (χ0) is 13.6. The predicted molar refractivity (Wildman–Crippen MR) is 54.3 cm³/mol. The molecule has 6 nitrogen and oxygen atoms in total. The summed E-state index contributed by atoms with van der Waals surface area (Å²) >= 11 is 0. The molecule has 0 aliphatic rings. The van der Waals surface area contributed by atoms with Gasteiger partial charge in [0.2, 0.25) is 12.2 Å². The number of unbranched alkanes of at least 4 members (excludes halogenated alkanes) is 3. The molecule has 0 spiro atoms. The third kappa shape index (κ3) is 45.2. The Kier molecular flexibility index (Phi) is 20.6. The molecule has 0 heterocycles. The van der Waals surface area contributed by atoms with Crippen LogP contribution in [0, 0.1) is 0 Å². The van der Waals surface area contributed by atoms with Crippen molar-refractivity contribution in [1.29, 1.82) is 0 Å². The van der Waals surface area contributed by atoms with Crippen molar-refractivity contribution in [2.24, 2.45) is 9.98 Å². The Labute approximate surface area is 115 Å². The first-order chi connectivity index (χ1) is 7.91. The van der Waals surface area contributed by atoms with Crippen LogP contribution < -0.4 is 23.8 Å². The number of carbonyl (C=O) groups excluding carboxylic acids is 2. The Bertz CT molecular complexity index is 297. The van der Waals surface area contributed by atoms with Gasteiger partial charge in [0.05, 0.1) is 13.1 Å². The van der Waals surface area contributed by atoms with Crippen molar-refractivity contribution >= 4 is 20.2 Å². The van der Waals surface area contributed by atoms with E-state index in [1.165, 1.54) is 12.2 Å². The summed E-state index contributed by atoms with van der Waals surface area (Å²) in [6, 6.07) is 0. The number of aliphatic imine (C=N–C) groups is 2. The van der Waals surface area contributed by atoms with E-state index in [2.05, 4.69) is 9.98 Å². The molecule has 0 unspecified atom stereocenters. The molecule has 0 aromatic carbocycles. The SMILES string of the molecule is O=C=NCCCCCCN=C=O.O=P([O-])(F)F.[Li+]. The van der Waals surface area contributed by atoms with Crippen molar-refractivity contribution < 1.29 is 46.3 Å². The predicted octanol–water partition coefficient (Wildman–Crippen LogP) is -1.38. The minimum atomic E-state index is -5.89. The molecule has 0 amide bonds. The number of hydrogen-bond donors (Lipinski definition) is 0. The molecule has 0 saturated carbocycles. The number of nitrogens with zero attached hydrogens (tertiary/aromatic N) is 2. The maximum atomic E-state index is 10.0. The van der Waals surface area contributed by atoms with Crippen LogP contribution in [0.5, 0.6) is 0 Å².